The zero-order valence-electron chi connectivity index (χ0n) is 10.6. The van der Waals surface area contributed by atoms with Gasteiger partial charge < -0.3 is 15.2 Å². The van der Waals surface area contributed by atoms with Gasteiger partial charge in [0, 0.05) is 6.04 Å². The van der Waals surface area contributed by atoms with Gasteiger partial charge in [-0.1, -0.05) is 12.5 Å². The molecule has 0 saturated carbocycles. The second-order valence-corrected chi connectivity index (χ2v) is 4.72. The van der Waals surface area contributed by atoms with Crippen molar-refractivity contribution >= 4 is 0 Å². The van der Waals surface area contributed by atoms with Crippen molar-refractivity contribution in [3.63, 3.8) is 0 Å². The summed E-state index contributed by atoms with van der Waals surface area (Å²) in [7, 11) is 1.66. The van der Waals surface area contributed by atoms with Gasteiger partial charge in [0.1, 0.15) is 5.75 Å². The molecule has 17 heavy (non-hydrogen) atoms. The van der Waals surface area contributed by atoms with Gasteiger partial charge in [-0.05, 0) is 49.6 Å². The van der Waals surface area contributed by atoms with E-state index in [1.807, 2.05) is 25.1 Å². The van der Waals surface area contributed by atoms with Crippen molar-refractivity contribution in [2.24, 2.45) is 0 Å². The standard InChI is InChI=1S/C14H21NO2/c1-10-9-11(17-2)6-7-12(10)14(16)13-5-3-4-8-15-13/h6-7,9,13-16H,3-5,8H2,1-2H3. The van der Waals surface area contributed by atoms with E-state index in [0.29, 0.717) is 0 Å². The summed E-state index contributed by atoms with van der Waals surface area (Å²) in [4.78, 5) is 0. The van der Waals surface area contributed by atoms with Gasteiger partial charge in [0.15, 0.2) is 0 Å². The number of ether oxygens (including phenoxy) is 1. The largest absolute Gasteiger partial charge is 0.497 e. The molecule has 3 heteroatoms. The lowest BCUT2D eigenvalue weighted by atomic mass is 9.92. The Hall–Kier alpha value is -1.06. The fourth-order valence-corrected chi connectivity index (χ4v) is 2.47. The Labute approximate surface area is 103 Å². The maximum atomic E-state index is 10.4. The zero-order valence-corrected chi connectivity index (χ0v) is 10.6. The summed E-state index contributed by atoms with van der Waals surface area (Å²) in [5, 5.41) is 13.8. The normalized spacial score (nSPS) is 22.2. The highest BCUT2D eigenvalue weighted by molar-refractivity contribution is 5.36. The van der Waals surface area contributed by atoms with Gasteiger partial charge in [0.2, 0.25) is 0 Å². The molecule has 0 amide bonds. The third-order valence-electron chi connectivity index (χ3n) is 3.53. The second kappa shape index (κ2) is 5.52. The molecule has 94 valence electrons. The monoisotopic (exact) mass is 235 g/mol. The molecule has 1 aliphatic heterocycles. The lowest BCUT2D eigenvalue weighted by molar-refractivity contribution is 0.113. The lowest BCUT2D eigenvalue weighted by Crippen LogP contribution is -2.39. The maximum Gasteiger partial charge on any atom is 0.119 e. The van der Waals surface area contributed by atoms with E-state index in [1.54, 1.807) is 7.11 Å². The van der Waals surface area contributed by atoms with Crippen LogP contribution in [0.25, 0.3) is 0 Å². The Morgan fingerprint density at radius 3 is 2.82 bits per heavy atom. The van der Waals surface area contributed by atoms with Crippen LogP contribution in [0.4, 0.5) is 0 Å². The molecule has 0 aliphatic carbocycles. The van der Waals surface area contributed by atoms with Gasteiger partial charge in [0.05, 0.1) is 13.2 Å². The third-order valence-corrected chi connectivity index (χ3v) is 3.53. The molecule has 3 nitrogen and oxygen atoms in total. The SMILES string of the molecule is COc1ccc(C(O)C2CCCCN2)c(C)c1. The number of aryl methyl sites for hydroxylation is 1. The summed E-state index contributed by atoms with van der Waals surface area (Å²) in [6.45, 7) is 3.03. The smallest absolute Gasteiger partial charge is 0.119 e. The number of hydrogen-bond acceptors (Lipinski definition) is 3. The predicted molar refractivity (Wildman–Crippen MR) is 68.3 cm³/mol. The van der Waals surface area contributed by atoms with Gasteiger partial charge in [-0.3, -0.25) is 0 Å². The Kier molecular flexibility index (Phi) is 4.02. The van der Waals surface area contributed by atoms with Crippen molar-refractivity contribution in [1.29, 1.82) is 0 Å². The van der Waals surface area contributed by atoms with Gasteiger partial charge in [-0.2, -0.15) is 0 Å². The predicted octanol–water partition coefficient (Wildman–Crippen LogP) is 2.18. The van der Waals surface area contributed by atoms with Crippen molar-refractivity contribution in [2.45, 2.75) is 38.3 Å². The van der Waals surface area contributed by atoms with Crippen LogP contribution < -0.4 is 10.1 Å². The quantitative estimate of drug-likeness (QED) is 0.843. The van der Waals surface area contributed by atoms with E-state index in [0.717, 1.165) is 29.8 Å². The zero-order chi connectivity index (χ0) is 12.3. The topological polar surface area (TPSA) is 41.5 Å². The molecular formula is C14H21NO2. The van der Waals surface area contributed by atoms with Crippen LogP contribution in [0.3, 0.4) is 0 Å². The molecule has 1 heterocycles. The molecule has 0 aromatic heterocycles. The van der Waals surface area contributed by atoms with E-state index in [2.05, 4.69) is 5.32 Å². The number of methoxy groups -OCH3 is 1. The molecular weight excluding hydrogens is 214 g/mol. The van der Waals surface area contributed by atoms with Crippen LogP contribution >= 0.6 is 0 Å². The number of rotatable bonds is 3. The van der Waals surface area contributed by atoms with E-state index < -0.39 is 6.10 Å². The Morgan fingerprint density at radius 1 is 1.41 bits per heavy atom. The average Bonchev–Trinajstić information content (AvgIpc) is 2.39. The molecule has 0 spiro atoms. The van der Waals surface area contributed by atoms with E-state index in [9.17, 15) is 5.11 Å². The van der Waals surface area contributed by atoms with Crippen LogP contribution in [-0.4, -0.2) is 24.8 Å². The van der Waals surface area contributed by atoms with Crippen LogP contribution in [0.15, 0.2) is 18.2 Å². The Balaban J connectivity index is 2.15. The Bertz CT molecular complexity index is 372. The molecule has 1 saturated heterocycles. The minimum Gasteiger partial charge on any atom is -0.497 e. The molecule has 1 aliphatic rings. The lowest BCUT2D eigenvalue weighted by Gasteiger charge is -2.29. The molecule has 2 unspecified atom stereocenters. The summed E-state index contributed by atoms with van der Waals surface area (Å²) in [6.07, 6.45) is 3.04. The third kappa shape index (κ3) is 2.79. The van der Waals surface area contributed by atoms with Crippen LogP contribution in [0, 0.1) is 6.92 Å². The van der Waals surface area contributed by atoms with Gasteiger partial charge in [-0.15, -0.1) is 0 Å². The highest BCUT2D eigenvalue weighted by Gasteiger charge is 2.23. The number of benzene rings is 1. The highest BCUT2D eigenvalue weighted by atomic mass is 16.5. The Morgan fingerprint density at radius 2 is 2.24 bits per heavy atom. The number of piperidine rings is 1. The second-order valence-electron chi connectivity index (χ2n) is 4.72. The molecule has 1 aromatic carbocycles. The fourth-order valence-electron chi connectivity index (χ4n) is 2.47. The van der Waals surface area contributed by atoms with Crippen LogP contribution in [0.1, 0.15) is 36.5 Å². The number of aliphatic hydroxyl groups is 1. The van der Waals surface area contributed by atoms with Crippen LogP contribution in [0.5, 0.6) is 5.75 Å². The van der Waals surface area contributed by atoms with Gasteiger partial charge >= 0.3 is 0 Å². The maximum absolute atomic E-state index is 10.4. The van der Waals surface area contributed by atoms with E-state index in [4.69, 9.17) is 4.74 Å². The molecule has 1 fully saturated rings. The molecule has 2 atom stereocenters. The summed E-state index contributed by atoms with van der Waals surface area (Å²) in [5.74, 6) is 0.843. The van der Waals surface area contributed by atoms with Crippen LogP contribution in [-0.2, 0) is 0 Å². The first-order chi connectivity index (χ1) is 8.22. The first-order valence-corrected chi connectivity index (χ1v) is 6.28. The summed E-state index contributed by atoms with van der Waals surface area (Å²) >= 11 is 0. The number of nitrogens with one attached hydrogen (secondary N) is 1. The molecule has 0 bridgehead atoms. The van der Waals surface area contributed by atoms with Gasteiger partial charge in [-0.25, -0.2) is 0 Å². The minimum absolute atomic E-state index is 0.191. The number of hydrogen-bond donors (Lipinski definition) is 2. The van der Waals surface area contributed by atoms with Crippen molar-refractivity contribution < 1.29 is 9.84 Å². The summed E-state index contributed by atoms with van der Waals surface area (Å²) in [5.41, 5.74) is 2.09. The van der Waals surface area contributed by atoms with Crippen molar-refractivity contribution in [3.8, 4) is 5.75 Å². The van der Waals surface area contributed by atoms with Crippen LogP contribution in [0.2, 0.25) is 0 Å². The summed E-state index contributed by atoms with van der Waals surface area (Å²) in [6, 6.07) is 6.04. The van der Waals surface area contributed by atoms with Crippen molar-refractivity contribution in [3.05, 3.63) is 29.3 Å². The van der Waals surface area contributed by atoms with Crippen molar-refractivity contribution in [2.75, 3.05) is 13.7 Å². The first-order valence-electron chi connectivity index (χ1n) is 6.28. The molecule has 2 N–H and O–H groups in total. The molecule has 2 rings (SSSR count). The summed E-state index contributed by atoms with van der Waals surface area (Å²) < 4.78 is 5.18. The first kappa shape index (κ1) is 12.4. The minimum atomic E-state index is -0.416. The fraction of sp³-hybridized carbons (Fsp3) is 0.571. The van der Waals surface area contributed by atoms with Gasteiger partial charge in [0.25, 0.3) is 0 Å². The molecule has 0 radical (unpaired) electrons. The molecule has 1 aromatic rings. The number of aliphatic hydroxyl groups excluding tert-OH is 1. The van der Waals surface area contributed by atoms with E-state index in [1.165, 1.54) is 12.8 Å². The van der Waals surface area contributed by atoms with Crippen molar-refractivity contribution in [1.82, 2.24) is 5.32 Å². The highest BCUT2D eigenvalue weighted by Crippen LogP contribution is 2.27. The van der Waals surface area contributed by atoms with E-state index >= 15 is 0 Å². The average molecular weight is 235 g/mol. The van der Waals surface area contributed by atoms with E-state index in [-0.39, 0.29) is 6.04 Å².